The summed E-state index contributed by atoms with van der Waals surface area (Å²) in [6, 6.07) is 11.7. The molecule has 0 spiro atoms. The highest BCUT2D eigenvalue weighted by atomic mass is 79.9. The van der Waals surface area contributed by atoms with Gasteiger partial charge in [0.2, 0.25) is 0 Å². The SMILES string of the molecule is N#C[C@@H](Br)c1ccccc1. The summed E-state index contributed by atoms with van der Waals surface area (Å²) >= 11 is 3.22. The lowest BCUT2D eigenvalue weighted by Gasteiger charge is -1.97. The second-order valence-corrected chi connectivity index (χ2v) is 2.82. The van der Waals surface area contributed by atoms with Crippen LogP contribution in [0.15, 0.2) is 30.3 Å². The molecule has 0 saturated heterocycles. The third-order valence-corrected chi connectivity index (χ3v) is 1.94. The minimum atomic E-state index is -0.173. The first-order valence-electron chi connectivity index (χ1n) is 2.93. The second kappa shape index (κ2) is 3.38. The lowest BCUT2D eigenvalue weighted by molar-refractivity contribution is 1.25. The van der Waals surface area contributed by atoms with E-state index in [-0.39, 0.29) is 4.83 Å². The van der Waals surface area contributed by atoms with Gasteiger partial charge in [-0.1, -0.05) is 46.3 Å². The summed E-state index contributed by atoms with van der Waals surface area (Å²) in [6.07, 6.45) is 0. The Balaban J connectivity index is 2.88. The van der Waals surface area contributed by atoms with Gasteiger partial charge in [-0.15, -0.1) is 0 Å². The molecule has 1 atom stereocenters. The zero-order valence-corrected chi connectivity index (χ0v) is 6.88. The monoisotopic (exact) mass is 195 g/mol. The van der Waals surface area contributed by atoms with Crippen LogP contribution in [0.25, 0.3) is 0 Å². The third-order valence-electron chi connectivity index (χ3n) is 1.21. The van der Waals surface area contributed by atoms with E-state index >= 15 is 0 Å². The largest absolute Gasteiger partial charge is 0.197 e. The molecule has 0 bridgehead atoms. The van der Waals surface area contributed by atoms with E-state index in [0.29, 0.717) is 0 Å². The predicted molar refractivity (Wildman–Crippen MR) is 43.7 cm³/mol. The minimum absolute atomic E-state index is 0.173. The summed E-state index contributed by atoms with van der Waals surface area (Å²) in [5.41, 5.74) is 1.00. The first kappa shape index (κ1) is 7.30. The van der Waals surface area contributed by atoms with Gasteiger partial charge in [0.25, 0.3) is 0 Å². The van der Waals surface area contributed by atoms with E-state index < -0.39 is 0 Å². The molecule has 1 aromatic rings. The van der Waals surface area contributed by atoms with Gasteiger partial charge in [0.05, 0.1) is 6.07 Å². The highest BCUT2D eigenvalue weighted by Crippen LogP contribution is 2.20. The van der Waals surface area contributed by atoms with Crippen molar-refractivity contribution >= 4 is 15.9 Å². The summed E-state index contributed by atoms with van der Waals surface area (Å²) in [4.78, 5) is -0.173. The zero-order chi connectivity index (χ0) is 7.40. The Morgan fingerprint density at radius 3 is 2.40 bits per heavy atom. The number of benzene rings is 1. The highest BCUT2D eigenvalue weighted by Gasteiger charge is 2.01. The fraction of sp³-hybridized carbons (Fsp3) is 0.125. The Hall–Kier alpha value is -0.810. The van der Waals surface area contributed by atoms with Crippen molar-refractivity contribution in [3.63, 3.8) is 0 Å². The molecule has 0 aliphatic rings. The van der Waals surface area contributed by atoms with Crippen molar-refractivity contribution in [3.05, 3.63) is 35.9 Å². The standard InChI is InChI=1S/C8H6BrN/c9-8(6-10)7-4-2-1-3-5-7/h1-5,8H/t8-/m1/s1. The summed E-state index contributed by atoms with van der Waals surface area (Å²) < 4.78 is 0. The average molecular weight is 196 g/mol. The molecule has 0 aliphatic carbocycles. The van der Waals surface area contributed by atoms with Gasteiger partial charge in [-0.05, 0) is 5.56 Å². The van der Waals surface area contributed by atoms with Crippen LogP contribution in [0.3, 0.4) is 0 Å². The number of nitriles is 1. The summed E-state index contributed by atoms with van der Waals surface area (Å²) in [5, 5.41) is 8.49. The molecule has 0 amide bonds. The van der Waals surface area contributed by atoms with Crippen LogP contribution in [-0.2, 0) is 0 Å². The van der Waals surface area contributed by atoms with Crippen LogP contribution in [0.2, 0.25) is 0 Å². The fourth-order valence-electron chi connectivity index (χ4n) is 0.697. The number of hydrogen-bond donors (Lipinski definition) is 0. The van der Waals surface area contributed by atoms with E-state index in [4.69, 9.17) is 5.26 Å². The van der Waals surface area contributed by atoms with E-state index in [1.54, 1.807) is 0 Å². The quantitative estimate of drug-likeness (QED) is 0.633. The average Bonchev–Trinajstić information content (AvgIpc) is 2.05. The lowest BCUT2D eigenvalue weighted by Crippen LogP contribution is -1.82. The van der Waals surface area contributed by atoms with Crippen molar-refractivity contribution in [2.45, 2.75) is 4.83 Å². The summed E-state index contributed by atoms with van der Waals surface area (Å²) in [6.45, 7) is 0. The number of hydrogen-bond acceptors (Lipinski definition) is 1. The van der Waals surface area contributed by atoms with Crippen LogP contribution in [0.4, 0.5) is 0 Å². The van der Waals surface area contributed by atoms with Gasteiger partial charge in [0.15, 0.2) is 0 Å². The van der Waals surface area contributed by atoms with Gasteiger partial charge in [-0.25, -0.2) is 0 Å². The molecule has 0 aromatic heterocycles. The molecule has 0 radical (unpaired) electrons. The molecule has 50 valence electrons. The van der Waals surface area contributed by atoms with Gasteiger partial charge >= 0.3 is 0 Å². The van der Waals surface area contributed by atoms with Crippen molar-refractivity contribution in [3.8, 4) is 6.07 Å². The number of rotatable bonds is 1. The predicted octanol–water partition coefficient (Wildman–Crippen LogP) is 2.65. The molecular weight excluding hydrogens is 190 g/mol. The van der Waals surface area contributed by atoms with E-state index in [2.05, 4.69) is 22.0 Å². The van der Waals surface area contributed by atoms with Crippen molar-refractivity contribution in [1.82, 2.24) is 0 Å². The summed E-state index contributed by atoms with van der Waals surface area (Å²) in [5.74, 6) is 0. The number of halogens is 1. The van der Waals surface area contributed by atoms with Crippen molar-refractivity contribution < 1.29 is 0 Å². The Bertz CT molecular complexity index is 237. The Morgan fingerprint density at radius 2 is 1.90 bits per heavy atom. The molecule has 0 N–H and O–H groups in total. The first-order chi connectivity index (χ1) is 4.84. The van der Waals surface area contributed by atoms with Crippen LogP contribution in [-0.4, -0.2) is 0 Å². The maximum atomic E-state index is 8.49. The molecule has 1 rings (SSSR count). The van der Waals surface area contributed by atoms with Gasteiger partial charge in [0.1, 0.15) is 4.83 Å². The van der Waals surface area contributed by atoms with Gasteiger partial charge in [0, 0.05) is 0 Å². The van der Waals surface area contributed by atoms with Gasteiger partial charge in [-0.2, -0.15) is 5.26 Å². The van der Waals surface area contributed by atoms with Crippen molar-refractivity contribution in [1.29, 1.82) is 5.26 Å². The second-order valence-electron chi connectivity index (χ2n) is 1.90. The molecule has 2 heteroatoms. The Labute approximate surface area is 68.4 Å². The van der Waals surface area contributed by atoms with Crippen molar-refractivity contribution in [2.24, 2.45) is 0 Å². The van der Waals surface area contributed by atoms with Crippen LogP contribution >= 0.6 is 15.9 Å². The van der Waals surface area contributed by atoms with Crippen LogP contribution in [0.1, 0.15) is 10.4 Å². The highest BCUT2D eigenvalue weighted by molar-refractivity contribution is 9.09. The molecule has 0 unspecified atom stereocenters. The molecule has 1 nitrogen and oxygen atoms in total. The molecule has 0 fully saturated rings. The van der Waals surface area contributed by atoms with Crippen LogP contribution < -0.4 is 0 Å². The normalized spacial score (nSPS) is 12.0. The summed E-state index contributed by atoms with van der Waals surface area (Å²) in [7, 11) is 0. The number of nitrogens with zero attached hydrogens (tertiary/aromatic N) is 1. The van der Waals surface area contributed by atoms with E-state index in [1.807, 2.05) is 30.3 Å². The lowest BCUT2D eigenvalue weighted by atomic mass is 10.2. The molecular formula is C8H6BrN. The minimum Gasteiger partial charge on any atom is -0.197 e. The maximum Gasteiger partial charge on any atom is 0.126 e. The zero-order valence-electron chi connectivity index (χ0n) is 5.29. The molecule has 1 aromatic carbocycles. The number of alkyl halides is 1. The van der Waals surface area contributed by atoms with E-state index in [0.717, 1.165) is 5.56 Å². The van der Waals surface area contributed by atoms with Gasteiger partial charge in [-0.3, -0.25) is 0 Å². The fourth-order valence-corrected chi connectivity index (χ4v) is 1.00. The van der Waals surface area contributed by atoms with Gasteiger partial charge < -0.3 is 0 Å². The Morgan fingerprint density at radius 1 is 1.30 bits per heavy atom. The molecule has 0 aliphatic heterocycles. The van der Waals surface area contributed by atoms with Crippen LogP contribution in [0, 0.1) is 11.3 Å². The van der Waals surface area contributed by atoms with E-state index in [9.17, 15) is 0 Å². The van der Waals surface area contributed by atoms with E-state index in [1.165, 1.54) is 0 Å². The van der Waals surface area contributed by atoms with Crippen molar-refractivity contribution in [2.75, 3.05) is 0 Å². The first-order valence-corrected chi connectivity index (χ1v) is 3.85. The smallest absolute Gasteiger partial charge is 0.126 e. The molecule has 0 saturated carbocycles. The van der Waals surface area contributed by atoms with Crippen LogP contribution in [0.5, 0.6) is 0 Å². The third kappa shape index (κ3) is 1.58. The molecule has 10 heavy (non-hydrogen) atoms. The Kier molecular flexibility index (Phi) is 2.47. The maximum absolute atomic E-state index is 8.49. The topological polar surface area (TPSA) is 23.8 Å². The molecule has 0 heterocycles.